The summed E-state index contributed by atoms with van der Waals surface area (Å²) in [6.07, 6.45) is 9.40. The van der Waals surface area contributed by atoms with Crippen LogP contribution in [0.2, 0.25) is 0 Å². The lowest BCUT2D eigenvalue weighted by Crippen LogP contribution is -2.42. The van der Waals surface area contributed by atoms with Gasteiger partial charge in [-0.3, -0.25) is 0 Å². The zero-order chi connectivity index (χ0) is 23.2. The maximum Gasteiger partial charge on any atom is 0.233 e. The molecule has 2 fully saturated rings. The van der Waals surface area contributed by atoms with Gasteiger partial charge in [-0.25, -0.2) is 4.39 Å². The van der Waals surface area contributed by atoms with Gasteiger partial charge in [0.1, 0.15) is 0 Å². The van der Waals surface area contributed by atoms with Crippen LogP contribution in [0.4, 0.5) is 27.9 Å². The van der Waals surface area contributed by atoms with Crippen LogP contribution >= 0.6 is 0 Å². The van der Waals surface area contributed by atoms with Gasteiger partial charge in [0, 0.05) is 30.9 Å². The van der Waals surface area contributed by atoms with Gasteiger partial charge in [0.25, 0.3) is 0 Å². The SMILES string of the molecule is C.COc1ccc(Nc2nc(NC3CCCCCC3)nc(N(C)C3CCN(C)CC3)n2)cc1F. The van der Waals surface area contributed by atoms with Crippen molar-refractivity contribution in [2.24, 2.45) is 0 Å². The van der Waals surface area contributed by atoms with Crippen LogP contribution in [0.25, 0.3) is 0 Å². The lowest BCUT2D eigenvalue weighted by molar-refractivity contribution is 0.252. The Labute approximate surface area is 203 Å². The topological polar surface area (TPSA) is 78.4 Å². The second kappa shape index (κ2) is 12.1. The van der Waals surface area contributed by atoms with Gasteiger partial charge in [0.15, 0.2) is 11.6 Å². The lowest BCUT2D eigenvalue weighted by Gasteiger charge is -2.35. The number of aromatic nitrogens is 3. The average Bonchev–Trinajstić information content (AvgIpc) is 3.08. The highest BCUT2D eigenvalue weighted by Gasteiger charge is 2.24. The molecule has 9 heteroatoms. The molecule has 1 aromatic heterocycles. The molecule has 0 radical (unpaired) electrons. The Morgan fingerprint density at radius 1 is 1.00 bits per heavy atom. The van der Waals surface area contributed by atoms with E-state index in [1.165, 1.54) is 38.9 Å². The van der Waals surface area contributed by atoms with Crippen molar-refractivity contribution in [3.63, 3.8) is 0 Å². The number of halogens is 1. The van der Waals surface area contributed by atoms with Gasteiger partial charge >= 0.3 is 0 Å². The lowest BCUT2D eigenvalue weighted by atomic mass is 10.0. The maximum atomic E-state index is 14.2. The first-order valence-corrected chi connectivity index (χ1v) is 12.1. The Hall–Kier alpha value is -2.68. The molecule has 1 saturated heterocycles. The highest BCUT2D eigenvalue weighted by atomic mass is 19.1. The van der Waals surface area contributed by atoms with Gasteiger partial charge in [0.2, 0.25) is 17.8 Å². The number of ether oxygens (including phenoxy) is 1. The average molecular weight is 474 g/mol. The van der Waals surface area contributed by atoms with Crippen molar-refractivity contribution in [2.75, 3.05) is 49.8 Å². The Bertz CT molecular complexity index is 912. The van der Waals surface area contributed by atoms with Gasteiger partial charge in [-0.2, -0.15) is 15.0 Å². The highest BCUT2D eigenvalue weighted by molar-refractivity contribution is 5.57. The Balaban J connectivity index is 0.00000324. The number of nitrogens with zero attached hydrogens (tertiary/aromatic N) is 5. The molecule has 1 aliphatic carbocycles. The summed E-state index contributed by atoms with van der Waals surface area (Å²) >= 11 is 0. The van der Waals surface area contributed by atoms with E-state index in [1.54, 1.807) is 12.1 Å². The van der Waals surface area contributed by atoms with Crippen molar-refractivity contribution in [1.82, 2.24) is 19.9 Å². The van der Waals surface area contributed by atoms with E-state index in [2.05, 4.69) is 39.5 Å². The standard InChI is InChI=1S/C24H36FN7O.CH4/c1-31-14-12-19(13-15-31)32(2)24-29-22(26-17-8-6-4-5-7-9-17)28-23(30-24)27-18-10-11-21(33-3)20(25)16-18;/h10-11,16-17,19H,4-9,12-15H2,1-3H3,(H2,26,27,28,29,30);1H4. The summed E-state index contributed by atoms with van der Waals surface area (Å²) in [6, 6.07) is 5.48. The van der Waals surface area contributed by atoms with Crippen molar-refractivity contribution in [2.45, 2.75) is 70.9 Å². The second-order valence-electron chi connectivity index (χ2n) is 9.24. The summed E-state index contributed by atoms with van der Waals surface area (Å²) in [5.41, 5.74) is 0.563. The summed E-state index contributed by atoms with van der Waals surface area (Å²) in [5, 5.41) is 6.71. The predicted molar refractivity (Wildman–Crippen MR) is 137 cm³/mol. The van der Waals surface area contributed by atoms with Gasteiger partial charge in [0.05, 0.1) is 7.11 Å². The Kier molecular flexibility index (Phi) is 9.27. The number of benzene rings is 1. The molecule has 1 aliphatic heterocycles. The van der Waals surface area contributed by atoms with Crippen LogP contribution in [0.1, 0.15) is 58.8 Å². The van der Waals surface area contributed by atoms with Gasteiger partial charge in [-0.05, 0) is 58.0 Å². The fourth-order valence-electron chi connectivity index (χ4n) is 4.67. The van der Waals surface area contributed by atoms with Crippen LogP contribution in [0, 0.1) is 5.82 Å². The van der Waals surface area contributed by atoms with E-state index >= 15 is 0 Å². The Morgan fingerprint density at radius 2 is 1.68 bits per heavy atom. The number of hydrogen-bond acceptors (Lipinski definition) is 8. The van der Waals surface area contributed by atoms with Crippen LogP contribution in [0.3, 0.4) is 0 Å². The zero-order valence-electron chi connectivity index (χ0n) is 20.0. The molecular weight excluding hydrogens is 433 g/mol. The molecule has 34 heavy (non-hydrogen) atoms. The van der Waals surface area contributed by atoms with Crippen molar-refractivity contribution >= 4 is 23.5 Å². The van der Waals surface area contributed by atoms with E-state index < -0.39 is 5.82 Å². The fourth-order valence-corrected chi connectivity index (χ4v) is 4.67. The predicted octanol–water partition coefficient (Wildman–Crippen LogP) is 5.06. The Morgan fingerprint density at radius 3 is 2.32 bits per heavy atom. The van der Waals surface area contributed by atoms with Gasteiger partial charge in [-0.15, -0.1) is 0 Å². The number of nitrogens with one attached hydrogen (secondary N) is 2. The molecule has 0 spiro atoms. The van der Waals surface area contributed by atoms with E-state index in [-0.39, 0.29) is 13.2 Å². The summed E-state index contributed by atoms with van der Waals surface area (Å²) < 4.78 is 19.2. The largest absolute Gasteiger partial charge is 0.494 e. The quantitative estimate of drug-likeness (QED) is 0.540. The monoisotopic (exact) mass is 473 g/mol. The number of anilines is 4. The van der Waals surface area contributed by atoms with Crippen LogP contribution in [-0.2, 0) is 0 Å². The summed E-state index contributed by atoms with van der Waals surface area (Å²) in [7, 11) is 5.66. The van der Waals surface area contributed by atoms with Crippen LogP contribution in [0.5, 0.6) is 5.75 Å². The molecule has 4 rings (SSSR count). The molecule has 2 aromatic rings. The van der Waals surface area contributed by atoms with Crippen molar-refractivity contribution in [3.8, 4) is 5.75 Å². The van der Waals surface area contributed by atoms with Crippen LogP contribution in [-0.4, -0.2) is 66.2 Å². The summed E-state index contributed by atoms with van der Waals surface area (Å²) in [4.78, 5) is 18.6. The molecule has 1 saturated carbocycles. The van der Waals surface area contributed by atoms with E-state index in [0.717, 1.165) is 38.8 Å². The maximum absolute atomic E-state index is 14.2. The second-order valence-corrected chi connectivity index (χ2v) is 9.24. The molecule has 1 aromatic carbocycles. The van der Waals surface area contributed by atoms with E-state index in [9.17, 15) is 4.39 Å². The molecule has 2 aliphatic rings. The molecule has 188 valence electrons. The summed E-state index contributed by atoms with van der Waals surface area (Å²) in [5.74, 6) is 1.38. The molecule has 0 atom stereocenters. The van der Waals surface area contributed by atoms with Gasteiger partial charge in [-0.1, -0.05) is 33.1 Å². The van der Waals surface area contributed by atoms with E-state index in [1.807, 2.05) is 0 Å². The van der Waals surface area contributed by atoms with Gasteiger partial charge < -0.3 is 25.2 Å². The first-order valence-electron chi connectivity index (χ1n) is 12.1. The molecule has 0 unspecified atom stereocenters. The zero-order valence-corrected chi connectivity index (χ0v) is 20.0. The first kappa shape index (κ1) is 25.9. The number of rotatable bonds is 7. The minimum Gasteiger partial charge on any atom is -0.494 e. The van der Waals surface area contributed by atoms with Crippen molar-refractivity contribution < 1.29 is 9.13 Å². The number of hydrogen-bond donors (Lipinski definition) is 2. The molecule has 0 amide bonds. The summed E-state index contributed by atoms with van der Waals surface area (Å²) in [6.45, 7) is 2.12. The highest BCUT2D eigenvalue weighted by Crippen LogP contribution is 2.26. The molecule has 8 nitrogen and oxygen atoms in total. The molecular formula is C25H40FN7O. The van der Waals surface area contributed by atoms with Crippen molar-refractivity contribution in [3.05, 3.63) is 24.0 Å². The minimum atomic E-state index is -0.433. The molecule has 0 bridgehead atoms. The van der Waals surface area contributed by atoms with E-state index in [0.29, 0.717) is 35.6 Å². The van der Waals surface area contributed by atoms with Crippen LogP contribution in [0.15, 0.2) is 18.2 Å². The fraction of sp³-hybridized carbons (Fsp3) is 0.640. The van der Waals surface area contributed by atoms with Crippen molar-refractivity contribution in [1.29, 1.82) is 0 Å². The minimum absolute atomic E-state index is 0. The number of likely N-dealkylation sites (tertiary alicyclic amines) is 1. The third kappa shape index (κ3) is 6.68. The third-order valence-corrected chi connectivity index (χ3v) is 6.77. The smallest absolute Gasteiger partial charge is 0.233 e. The number of methoxy groups -OCH3 is 1. The molecule has 2 heterocycles. The van der Waals surface area contributed by atoms with Crippen LogP contribution < -0.4 is 20.3 Å². The molecule has 2 N–H and O–H groups in total. The third-order valence-electron chi connectivity index (χ3n) is 6.77. The normalized spacial score (nSPS) is 18.0. The van der Waals surface area contributed by atoms with E-state index in [4.69, 9.17) is 14.7 Å². The number of piperidine rings is 1. The first-order chi connectivity index (χ1) is 16.0.